The van der Waals surface area contributed by atoms with Gasteiger partial charge in [-0.05, 0) is 58.5 Å². The van der Waals surface area contributed by atoms with Gasteiger partial charge in [-0.1, -0.05) is 24.0 Å². The minimum atomic E-state index is -0.526. The van der Waals surface area contributed by atoms with Crippen molar-refractivity contribution in [1.82, 2.24) is 0 Å². The highest BCUT2D eigenvalue weighted by molar-refractivity contribution is 14.1. The van der Waals surface area contributed by atoms with Crippen LogP contribution in [0.4, 0.5) is 11.4 Å². The Morgan fingerprint density at radius 2 is 1.97 bits per heavy atom. The molecule has 3 rings (SSSR count). The maximum Gasteiger partial charge on any atom is 0.343 e. The van der Waals surface area contributed by atoms with Gasteiger partial charge in [0.15, 0.2) is 22.4 Å². The van der Waals surface area contributed by atoms with Crippen molar-refractivity contribution in [3.05, 3.63) is 60.6 Å². The maximum atomic E-state index is 13.0. The maximum absolute atomic E-state index is 13.0. The molecular weight excluding hydrogens is 571 g/mol. The first kappa shape index (κ1) is 23.9. The van der Waals surface area contributed by atoms with E-state index in [0.717, 1.165) is 11.8 Å². The zero-order valence-corrected chi connectivity index (χ0v) is 20.5. The Morgan fingerprint density at radius 1 is 1.28 bits per heavy atom. The number of ether oxygens (including phenoxy) is 3. The van der Waals surface area contributed by atoms with Crippen molar-refractivity contribution < 1.29 is 28.7 Å². The first-order chi connectivity index (χ1) is 15.2. The summed E-state index contributed by atoms with van der Waals surface area (Å²) in [5.41, 5.74) is 1.03. The first-order valence-corrected chi connectivity index (χ1v) is 11.1. The molecule has 2 aromatic rings. The van der Waals surface area contributed by atoms with Gasteiger partial charge in [0.05, 0.1) is 33.3 Å². The number of benzene rings is 2. The first-order valence-electron chi connectivity index (χ1n) is 8.84. The van der Waals surface area contributed by atoms with Crippen LogP contribution in [0, 0.1) is 13.7 Å². The molecule has 0 atom stereocenters. The lowest BCUT2D eigenvalue weighted by molar-refractivity contribution is -0.384. The number of carbonyl (C=O) groups is 2. The van der Waals surface area contributed by atoms with Gasteiger partial charge in [-0.25, -0.2) is 4.79 Å². The van der Waals surface area contributed by atoms with Crippen molar-refractivity contribution in [2.45, 2.75) is 0 Å². The molecule has 0 bridgehead atoms. The largest absolute Gasteiger partial charge is 0.493 e. The summed E-state index contributed by atoms with van der Waals surface area (Å²) in [5, 5.41) is 10.9. The Kier molecular flexibility index (Phi) is 7.69. The number of halogens is 1. The zero-order chi connectivity index (χ0) is 23.4. The van der Waals surface area contributed by atoms with Crippen molar-refractivity contribution in [2.75, 3.05) is 25.7 Å². The number of anilines is 1. The highest BCUT2D eigenvalue weighted by Crippen LogP contribution is 2.39. The molecule has 1 heterocycles. The fourth-order valence-electron chi connectivity index (χ4n) is 2.72. The number of esters is 1. The number of methoxy groups -OCH3 is 2. The molecule has 1 fully saturated rings. The molecule has 0 unspecified atom stereocenters. The van der Waals surface area contributed by atoms with Crippen LogP contribution in [0.3, 0.4) is 0 Å². The summed E-state index contributed by atoms with van der Waals surface area (Å²) >= 11 is 8.51. The molecular formula is C20H15IN2O7S2. The number of thioether (sulfide) groups is 1. The molecule has 166 valence electrons. The Hall–Kier alpha value is -2.71. The predicted molar refractivity (Wildman–Crippen MR) is 132 cm³/mol. The molecule has 1 aliphatic rings. The third-order valence-corrected chi connectivity index (χ3v) is 6.33. The summed E-state index contributed by atoms with van der Waals surface area (Å²) in [7, 11) is 2.73. The van der Waals surface area contributed by atoms with Gasteiger partial charge in [0, 0.05) is 12.1 Å². The quantitative estimate of drug-likeness (QED) is 0.118. The summed E-state index contributed by atoms with van der Waals surface area (Å²) in [6.07, 6.45) is 1.67. The van der Waals surface area contributed by atoms with Crippen molar-refractivity contribution in [1.29, 1.82) is 0 Å². The molecule has 1 amide bonds. The number of nitro benzene ring substituents is 1. The molecule has 1 saturated heterocycles. The van der Waals surface area contributed by atoms with Gasteiger partial charge in [0.2, 0.25) is 0 Å². The van der Waals surface area contributed by atoms with Gasteiger partial charge >= 0.3 is 5.97 Å². The summed E-state index contributed by atoms with van der Waals surface area (Å²) in [5.74, 6) is -0.0947. The minimum Gasteiger partial charge on any atom is -0.493 e. The lowest BCUT2D eigenvalue weighted by Gasteiger charge is -2.14. The van der Waals surface area contributed by atoms with Crippen LogP contribution in [0.2, 0.25) is 0 Å². The number of rotatable bonds is 7. The zero-order valence-electron chi connectivity index (χ0n) is 16.7. The Bertz CT molecular complexity index is 1140. The van der Waals surface area contributed by atoms with Gasteiger partial charge in [-0.3, -0.25) is 19.8 Å². The molecule has 0 saturated carbocycles. The number of nitro groups is 1. The Morgan fingerprint density at radius 3 is 2.56 bits per heavy atom. The molecule has 0 N–H and O–H groups in total. The lowest BCUT2D eigenvalue weighted by atomic mass is 10.1. The van der Waals surface area contributed by atoms with Crippen LogP contribution in [-0.2, 0) is 14.3 Å². The molecule has 0 aliphatic carbocycles. The van der Waals surface area contributed by atoms with Gasteiger partial charge in [-0.15, -0.1) is 0 Å². The number of carbonyl (C=O) groups excluding carboxylic acids is 2. The van der Waals surface area contributed by atoms with E-state index in [9.17, 15) is 19.7 Å². The number of thiocarbonyl (C=S) groups is 1. The van der Waals surface area contributed by atoms with Crippen molar-refractivity contribution in [3.63, 3.8) is 0 Å². The highest BCUT2D eigenvalue weighted by atomic mass is 127. The average molecular weight is 586 g/mol. The summed E-state index contributed by atoms with van der Waals surface area (Å²) in [4.78, 5) is 36.4. The van der Waals surface area contributed by atoms with Crippen LogP contribution >= 0.6 is 46.6 Å². The van der Waals surface area contributed by atoms with Crippen LogP contribution in [0.15, 0.2) is 41.3 Å². The second-order valence-corrected chi connectivity index (χ2v) is 9.03. The standard InChI is InChI=1S/C20H15IN2O7S2/c1-28-15-8-11(7-14(21)18(15)30-10-17(24)29-2)9-16-19(25)22(20(31)32-16)12-3-5-13(6-4-12)23(26)27/h3-9H,10H2,1-2H3/b16-9+. The Balaban J connectivity index is 1.87. The molecule has 12 heteroatoms. The molecule has 32 heavy (non-hydrogen) atoms. The molecule has 0 spiro atoms. The van der Waals surface area contributed by atoms with Crippen molar-refractivity contribution >= 4 is 80.2 Å². The van der Waals surface area contributed by atoms with Crippen molar-refractivity contribution in [3.8, 4) is 11.5 Å². The molecule has 0 aromatic heterocycles. The average Bonchev–Trinajstić information content (AvgIpc) is 3.05. The SMILES string of the molecule is COC(=O)COc1c(I)cc(/C=C2/SC(=S)N(c3ccc([N+](=O)[O-])cc3)C2=O)cc1OC. The van der Waals surface area contributed by atoms with E-state index in [-0.39, 0.29) is 18.2 Å². The van der Waals surface area contributed by atoms with E-state index in [2.05, 4.69) is 4.74 Å². The molecule has 9 nitrogen and oxygen atoms in total. The van der Waals surface area contributed by atoms with Gasteiger partial charge < -0.3 is 14.2 Å². The van der Waals surface area contributed by atoms with Crippen molar-refractivity contribution in [2.24, 2.45) is 0 Å². The predicted octanol–water partition coefficient (Wildman–Crippen LogP) is 4.17. The lowest BCUT2D eigenvalue weighted by Crippen LogP contribution is -2.27. The summed E-state index contributed by atoms with van der Waals surface area (Å²) < 4.78 is 16.4. The van der Waals surface area contributed by atoms with E-state index < -0.39 is 10.9 Å². The van der Waals surface area contributed by atoms with Gasteiger partial charge in [0.25, 0.3) is 11.6 Å². The molecule has 1 aliphatic heterocycles. The molecule has 2 aromatic carbocycles. The number of amides is 1. The van der Waals surface area contributed by atoms with E-state index in [0.29, 0.717) is 35.5 Å². The van der Waals surface area contributed by atoms with E-state index >= 15 is 0 Å². The third kappa shape index (κ3) is 5.19. The smallest absolute Gasteiger partial charge is 0.343 e. The number of nitrogens with zero attached hydrogens (tertiary/aromatic N) is 2. The molecule has 0 radical (unpaired) electrons. The van der Waals surface area contributed by atoms with E-state index in [1.807, 2.05) is 22.6 Å². The van der Waals surface area contributed by atoms with Crippen LogP contribution in [-0.4, -0.2) is 41.9 Å². The van der Waals surface area contributed by atoms with Gasteiger partial charge in [0.1, 0.15) is 0 Å². The number of hydrogen-bond donors (Lipinski definition) is 0. The van der Waals surface area contributed by atoms with Gasteiger partial charge in [-0.2, -0.15) is 0 Å². The summed E-state index contributed by atoms with van der Waals surface area (Å²) in [6, 6.07) is 9.04. The normalized spacial score (nSPS) is 14.6. The monoisotopic (exact) mass is 586 g/mol. The van der Waals surface area contributed by atoms with Crippen LogP contribution < -0.4 is 14.4 Å². The fraction of sp³-hybridized carbons (Fsp3) is 0.150. The highest BCUT2D eigenvalue weighted by Gasteiger charge is 2.33. The number of hydrogen-bond acceptors (Lipinski definition) is 9. The van der Waals surface area contributed by atoms with E-state index in [1.165, 1.54) is 43.4 Å². The van der Waals surface area contributed by atoms with Crippen LogP contribution in [0.5, 0.6) is 11.5 Å². The number of non-ortho nitro benzene ring substituents is 1. The van der Waals surface area contributed by atoms with Crippen LogP contribution in [0.25, 0.3) is 6.08 Å². The third-order valence-electron chi connectivity index (χ3n) is 4.22. The second-order valence-electron chi connectivity index (χ2n) is 6.19. The Labute approximate surface area is 206 Å². The topological polar surface area (TPSA) is 108 Å². The fourth-order valence-corrected chi connectivity index (χ4v) is 4.80. The van der Waals surface area contributed by atoms with E-state index in [4.69, 9.17) is 21.7 Å². The van der Waals surface area contributed by atoms with E-state index in [1.54, 1.807) is 18.2 Å². The minimum absolute atomic E-state index is 0.0779. The second kappa shape index (κ2) is 10.3. The summed E-state index contributed by atoms with van der Waals surface area (Å²) in [6.45, 7) is -0.268. The van der Waals surface area contributed by atoms with Crippen LogP contribution in [0.1, 0.15) is 5.56 Å².